The molecule has 0 aliphatic heterocycles. The minimum atomic E-state index is 0.240. The second kappa shape index (κ2) is 10.6. The largest absolute Gasteiger partial charge is 0.466 e. The maximum absolute atomic E-state index is 12.1. The fourth-order valence-electron chi connectivity index (χ4n) is 2.82. The van der Waals surface area contributed by atoms with Crippen molar-refractivity contribution < 1.29 is 9.21 Å². The first-order valence-corrected chi connectivity index (χ1v) is 8.75. The number of hydrogen-bond donors (Lipinski definition) is 0. The van der Waals surface area contributed by atoms with E-state index >= 15 is 0 Å². The maximum Gasteiger partial charge on any atom is 0.166 e. The van der Waals surface area contributed by atoms with Gasteiger partial charge in [-0.15, -0.1) is 0 Å². The van der Waals surface area contributed by atoms with Crippen molar-refractivity contribution in [3.8, 4) is 0 Å². The van der Waals surface area contributed by atoms with Crippen molar-refractivity contribution in [2.24, 2.45) is 0 Å². The van der Waals surface area contributed by atoms with Crippen LogP contribution in [0.1, 0.15) is 99.4 Å². The van der Waals surface area contributed by atoms with Gasteiger partial charge in [0.1, 0.15) is 11.5 Å². The molecule has 0 spiro atoms. The van der Waals surface area contributed by atoms with Gasteiger partial charge in [0, 0.05) is 6.42 Å². The molecule has 0 aliphatic carbocycles. The highest BCUT2D eigenvalue weighted by Crippen LogP contribution is 2.17. The molecule has 0 radical (unpaired) electrons. The maximum atomic E-state index is 12.1. The molecule has 1 heterocycles. The Labute approximate surface area is 130 Å². The lowest BCUT2D eigenvalue weighted by Crippen LogP contribution is -1.99. The van der Waals surface area contributed by atoms with Crippen LogP contribution in [0.5, 0.6) is 0 Å². The van der Waals surface area contributed by atoms with E-state index in [0.717, 1.165) is 23.5 Å². The van der Waals surface area contributed by atoms with Crippen molar-refractivity contribution in [3.05, 3.63) is 23.2 Å². The van der Waals surface area contributed by atoms with E-state index in [1.807, 2.05) is 19.9 Å². The third-order valence-electron chi connectivity index (χ3n) is 4.10. The van der Waals surface area contributed by atoms with E-state index in [1.54, 1.807) is 0 Å². The Bertz CT molecular complexity index is 404. The Morgan fingerprint density at radius 3 is 1.90 bits per heavy atom. The molecule has 0 amide bonds. The second-order valence-corrected chi connectivity index (χ2v) is 6.18. The number of ketones is 1. The lowest BCUT2D eigenvalue weighted by molar-refractivity contribution is 0.0977. The summed E-state index contributed by atoms with van der Waals surface area (Å²) in [6.45, 7) is 6.02. The monoisotopic (exact) mass is 292 g/mol. The molecule has 0 fully saturated rings. The van der Waals surface area contributed by atoms with Crippen LogP contribution in [0.15, 0.2) is 10.5 Å². The molecule has 1 aromatic heterocycles. The minimum Gasteiger partial charge on any atom is -0.466 e. The lowest BCUT2D eigenvalue weighted by atomic mass is 10.0. The lowest BCUT2D eigenvalue weighted by Gasteiger charge is -2.02. The molecule has 120 valence electrons. The zero-order chi connectivity index (χ0) is 15.5. The average Bonchev–Trinajstić information content (AvgIpc) is 2.79. The minimum absolute atomic E-state index is 0.240. The highest BCUT2D eigenvalue weighted by molar-refractivity contribution is 5.97. The smallest absolute Gasteiger partial charge is 0.166 e. The van der Waals surface area contributed by atoms with Gasteiger partial charge < -0.3 is 4.42 Å². The van der Waals surface area contributed by atoms with Gasteiger partial charge in [0.2, 0.25) is 0 Å². The first-order valence-electron chi connectivity index (χ1n) is 8.75. The van der Waals surface area contributed by atoms with E-state index in [2.05, 4.69) is 6.92 Å². The van der Waals surface area contributed by atoms with Crippen molar-refractivity contribution in [2.45, 2.75) is 91.4 Å². The van der Waals surface area contributed by atoms with Crippen LogP contribution in [0, 0.1) is 13.8 Å². The Balaban J connectivity index is 1.99. The van der Waals surface area contributed by atoms with Crippen LogP contribution >= 0.6 is 0 Å². The zero-order valence-corrected chi connectivity index (χ0v) is 14.2. The number of carbonyl (C=O) groups is 1. The van der Waals surface area contributed by atoms with Gasteiger partial charge in [-0.1, -0.05) is 64.7 Å². The molecule has 0 unspecified atom stereocenters. The van der Waals surface area contributed by atoms with Gasteiger partial charge in [-0.3, -0.25) is 4.79 Å². The summed E-state index contributed by atoms with van der Waals surface area (Å²) in [5.41, 5.74) is 0.781. The van der Waals surface area contributed by atoms with E-state index in [1.165, 1.54) is 57.8 Å². The first-order chi connectivity index (χ1) is 10.1. The molecule has 0 saturated carbocycles. The molecule has 1 aromatic rings. The topological polar surface area (TPSA) is 30.2 Å². The van der Waals surface area contributed by atoms with Crippen molar-refractivity contribution in [3.63, 3.8) is 0 Å². The quantitative estimate of drug-likeness (QED) is 0.330. The number of hydrogen-bond acceptors (Lipinski definition) is 2. The molecular weight excluding hydrogens is 260 g/mol. The highest BCUT2D eigenvalue weighted by Gasteiger charge is 2.12. The molecule has 2 nitrogen and oxygen atoms in total. The van der Waals surface area contributed by atoms with Crippen LogP contribution in [0.4, 0.5) is 0 Å². The summed E-state index contributed by atoms with van der Waals surface area (Å²) >= 11 is 0. The summed E-state index contributed by atoms with van der Waals surface area (Å²) in [6.07, 6.45) is 13.7. The second-order valence-electron chi connectivity index (χ2n) is 6.18. The van der Waals surface area contributed by atoms with Crippen LogP contribution in [0.3, 0.4) is 0 Å². The fourth-order valence-corrected chi connectivity index (χ4v) is 2.82. The summed E-state index contributed by atoms with van der Waals surface area (Å²) in [5.74, 6) is 1.84. The van der Waals surface area contributed by atoms with E-state index < -0.39 is 0 Å². The van der Waals surface area contributed by atoms with Gasteiger partial charge in [-0.2, -0.15) is 0 Å². The molecule has 21 heavy (non-hydrogen) atoms. The predicted octanol–water partition coefficient (Wildman–Crippen LogP) is 6.39. The Kier molecular flexibility index (Phi) is 9.12. The summed E-state index contributed by atoms with van der Waals surface area (Å²) in [5, 5.41) is 0. The third kappa shape index (κ3) is 7.50. The Morgan fingerprint density at radius 2 is 1.43 bits per heavy atom. The van der Waals surface area contributed by atoms with E-state index in [4.69, 9.17) is 4.42 Å². The van der Waals surface area contributed by atoms with E-state index in [-0.39, 0.29) is 5.78 Å². The number of rotatable bonds is 12. The number of Topliss-reactive ketones (excluding diaryl/α,β-unsaturated/α-hetero) is 1. The van der Waals surface area contributed by atoms with Crippen molar-refractivity contribution in [1.29, 1.82) is 0 Å². The Morgan fingerprint density at radius 1 is 0.905 bits per heavy atom. The molecule has 0 aromatic carbocycles. The molecule has 2 heteroatoms. The van der Waals surface area contributed by atoms with Gasteiger partial charge in [0.05, 0.1) is 5.56 Å². The molecule has 0 aliphatic rings. The number of aryl methyl sites for hydroxylation is 2. The van der Waals surface area contributed by atoms with Gasteiger partial charge in [0.15, 0.2) is 5.78 Å². The summed E-state index contributed by atoms with van der Waals surface area (Å²) in [7, 11) is 0. The Hall–Kier alpha value is -1.05. The first kappa shape index (κ1) is 18.0. The molecule has 0 saturated heterocycles. The number of carbonyl (C=O) groups excluding carboxylic acids is 1. The molecule has 0 bridgehead atoms. The van der Waals surface area contributed by atoms with Crippen molar-refractivity contribution in [1.82, 2.24) is 0 Å². The normalized spacial score (nSPS) is 11.0. The zero-order valence-electron chi connectivity index (χ0n) is 14.2. The predicted molar refractivity (Wildman–Crippen MR) is 89.0 cm³/mol. The standard InChI is InChI=1S/C19H32O2/c1-4-5-6-7-8-9-10-11-12-13-14-19(20)18-15-16(2)21-17(18)3/h15H,4-14H2,1-3H3. The highest BCUT2D eigenvalue weighted by atomic mass is 16.3. The van der Waals surface area contributed by atoms with Crippen LogP contribution in [0.2, 0.25) is 0 Å². The van der Waals surface area contributed by atoms with Crippen LogP contribution < -0.4 is 0 Å². The van der Waals surface area contributed by atoms with E-state index in [0.29, 0.717) is 6.42 Å². The van der Waals surface area contributed by atoms with Crippen LogP contribution in [-0.4, -0.2) is 5.78 Å². The number of unbranched alkanes of at least 4 members (excludes halogenated alkanes) is 9. The molecule has 0 atom stereocenters. The van der Waals surface area contributed by atoms with Crippen molar-refractivity contribution >= 4 is 5.78 Å². The summed E-state index contributed by atoms with van der Waals surface area (Å²) in [6, 6.07) is 1.87. The number of furan rings is 1. The molecule has 1 rings (SSSR count). The van der Waals surface area contributed by atoms with Crippen LogP contribution in [-0.2, 0) is 0 Å². The van der Waals surface area contributed by atoms with Gasteiger partial charge in [0.25, 0.3) is 0 Å². The SMILES string of the molecule is CCCCCCCCCCCCC(=O)c1cc(C)oc1C. The van der Waals surface area contributed by atoms with Gasteiger partial charge in [-0.05, 0) is 26.3 Å². The fraction of sp³-hybridized carbons (Fsp3) is 0.737. The summed E-state index contributed by atoms with van der Waals surface area (Å²) < 4.78 is 5.41. The van der Waals surface area contributed by atoms with Gasteiger partial charge >= 0.3 is 0 Å². The average molecular weight is 292 g/mol. The summed E-state index contributed by atoms with van der Waals surface area (Å²) in [4.78, 5) is 12.1. The third-order valence-corrected chi connectivity index (χ3v) is 4.10. The molecule has 0 N–H and O–H groups in total. The van der Waals surface area contributed by atoms with Crippen LogP contribution in [0.25, 0.3) is 0 Å². The van der Waals surface area contributed by atoms with Crippen molar-refractivity contribution in [2.75, 3.05) is 0 Å². The van der Waals surface area contributed by atoms with E-state index in [9.17, 15) is 4.79 Å². The van der Waals surface area contributed by atoms with Gasteiger partial charge in [-0.25, -0.2) is 0 Å². The molecular formula is C19H32O2.